The molecule has 3 nitrogen and oxygen atoms in total. The highest BCUT2D eigenvalue weighted by Gasteiger charge is 2.22. The van der Waals surface area contributed by atoms with Gasteiger partial charge in [-0.1, -0.05) is 36.4 Å². The second kappa shape index (κ2) is 6.79. The summed E-state index contributed by atoms with van der Waals surface area (Å²) in [5, 5.41) is 7.30. The van der Waals surface area contributed by atoms with Crippen LogP contribution in [0.5, 0.6) is 5.75 Å². The van der Waals surface area contributed by atoms with Gasteiger partial charge in [0.25, 0.3) is 0 Å². The molecule has 22 heavy (non-hydrogen) atoms. The molecule has 0 heterocycles. The molecule has 2 aromatic carbocycles. The number of fused-ring (bicyclic) bond motifs is 1. The van der Waals surface area contributed by atoms with E-state index in [9.17, 15) is 0 Å². The van der Waals surface area contributed by atoms with Crippen LogP contribution in [0.25, 0.3) is 0 Å². The van der Waals surface area contributed by atoms with Gasteiger partial charge in [-0.3, -0.25) is 0 Å². The zero-order chi connectivity index (χ0) is 15.4. The van der Waals surface area contributed by atoms with Gasteiger partial charge >= 0.3 is 0 Å². The highest BCUT2D eigenvalue weighted by Crippen LogP contribution is 2.31. The summed E-state index contributed by atoms with van der Waals surface area (Å²) in [5.41, 5.74) is 3.66. The van der Waals surface area contributed by atoms with Crippen molar-refractivity contribution in [2.45, 2.75) is 25.8 Å². The number of rotatable bonds is 4. The van der Waals surface area contributed by atoms with Crippen LogP contribution in [0.15, 0.2) is 48.5 Å². The zero-order valence-electron chi connectivity index (χ0n) is 12.6. The highest BCUT2D eigenvalue weighted by molar-refractivity contribution is 7.80. The van der Waals surface area contributed by atoms with Gasteiger partial charge in [-0.2, -0.15) is 0 Å². The minimum atomic E-state index is 0.287. The summed E-state index contributed by atoms with van der Waals surface area (Å²) >= 11 is 5.47. The first-order chi connectivity index (χ1) is 10.8. The first-order valence-corrected chi connectivity index (χ1v) is 8.06. The maximum atomic E-state index is 5.61. The summed E-state index contributed by atoms with van der Waals surface area (Å²) in [5.74, 6) is 0.820. The predicted molar refractivity (Wildman–Crippen MR) is 94.5 cm³/mol. The quantitative estimate of drug-likeness (QED) is 0.834. The third-order valence-corrected chi connectivity index (χ3v) is 4.09. The van der Waals surface area contributed by atoms with Gasteiger partial charge in [0.15, 0.2) is 5.11 Å². The molecule has 0 aliphatic heterocycles. The van der Waals surface area contributed by atoms with Gasteiger partial charge in [0, 0.05) is 0 Å². The second-order valence-electron chi connectivity index (χ2n) is 5.32. The van der Waals surface area contributed by atoms with E-state index in [1.54, 1.807) is 0 Å². The molecule has 0 saturated heterocycles. The van der Waals surface area contributed by atoms with Crippen LogP contribution in [0.4, 0.5) is 5.69 Å². The van der Waals surface area contributed by atoms with E-state index in [0.29, 0.717) is 11.7 Å². The Bertz CT molecular complexity index is 672. The largest absolute Gasteiger partial charge is 0.492 e. The maximum Gasteiger partial charge on any atom is 0.171 e. The highest BCUT2D eigenvalue weighted by atomic mass is 32.1. The Morgan fingerprint density at radius 1 is 1.18 bits per heavy atom. The Kier molecular flexibility index (Phi) is 4.59. The van der Waals surface area contributed by atoms with Crippen molar-refractivity contribution < 1.29 is 4.74 Å². The van der Waals surface area contributed by atoms with Crippen LogP contribution < -0.4 is 15.4 Å². The molecule has 0 saturated carbocycles. The van der Waals surface area contributed by atoms with Crippen molar-refractivity contribution in [1.29, 1.82) is 0 Å². The molecule has 1 atom stereocenters. The number of benzene rings is 2. The van der Waals surface area contributed by atoms with Crippen molar-refractivity contribution in [3.05, 3.63) is 59.7 Å². The molecule has 2 N–H and O–H groups in total. The Labute approximate surface area is 136 Å². The summed E-state index contributed by atoms with van der Waals surface area (Å²) in [6, 6.07) is 16.7. The Balaban J connectivity index is 1.67. The molecular formula is C18H20N2OS. The number of anilines is 1. The molecule has 0 fully saturated rings. The molecule has 0 spiro atoms. The molecule has 0 aromatic heterocycles. The minimum Gasteiger partial charge on any atom is -0.492 e. The van der Waals surface area contributed by atoms with Crippen molar-refractivity contribution in [2.24, 2.45) is 0 Å². The Hall–Kier alpha value is -2.07. The standard InChI is InChI=1S/C18H20N2OS/c1-2-21-17-10-6-5-9-16(17)20-18(22)19-15-12-11-13-7-3-4-8-14(13)15/h3-10,15H,2,11-12H2,1H3,(H2,19,20,22). The number of ether oxygens (including phenoxy) is 1. The summed E-state index contributed by atoms with van der Waals surface area (Å²) in [4.78, 5) is 0. The van der Waals surface area contributed by atoms with Crippen LogP contribution >= 0.6 is 12.2 Å². The van der Waals surface area contributed by atoms with Gasteiger partial charge in [-0.05, 0) is 55.2 Å². The molecular weight excluding hydrogens is 292 g/mol. The molecule has 114 valence electrons. The third kappa shape index (κ3) is 3.22. The smallest absolute Gasteiger partial charge is 0.171 e. The van der Waals surface area contributed by atoms with E-state index in [0.717, 1.165) is 24.3 Å². The van der Waals surface area contributed by atoms with E-state index in [1.165, 1.54) is 11.1 Å². The number of para-hydroxylation sites is 2. The number of nitrogens with one attached hydrogen (secondary N) is 2. The summed E-state index contributed by atoms with van der Waals surface area (Å²) in [6.45, 7) is 2.61. The monoisotopic (exact) mass is 312 g/mol. The Morgan fingerprint density at radius 3 is 2.82 bits per heavy atom. The predicted octanol–water partition coefficient (Wildman–Crippen LogP) is 4.06. The van der Waals surface area contributed by atoms with Crippen LogP contribution in [-0.2, 0) is 6.42 Å². The molecule has 2 aromatic rings. The topological polar surface area (TPSA) is 33.3 Å². The van der Waals surface area contributed by atoms with E-state index >= 15 is 0 Å². The molecule has 0 bridgehead atoms. The zero-order valence-corrected chi connectivity index (χ0v) is 13.5. The normalized spacial score (nSPS) is 16.0. The van der Waals surface area contributed by atoms with Gasteiger partial charge in [-0.25, -0.2) is 0 Å². The fourth-order valence-corrected chi connectivity index (χ4v) is 3.13. The van der Waals surface area contributed by atoms with Gasteiger partial charge in [0.05, 0.1) is 18.3 Å². The number of hydrogen-bond donors (Lipinski definition) is 2. The molecule has 4 heteroatoms. The van der Waals surface area contributed by atoms with Crippen LogP contribution in [0.2, 0.25) is 0 Å². The molecule has 1 aliphatic carbocycles. The molecule has 1 aliphatic rings. The lowest BCUT2D eigenvalue weighted by molar-refractivity contribution is 0.342. The maximum absolute atomic E-state index is 5.61. The summed E-state index contributed by atoms with van der Waals surface area (Å²) in [6.07, 6.45) is 2.18. The van der Waals surface area contributed by atoms with Crippen molar-refractivity contribution in [2.75, 3.05) is 11.9 Å². The van der Waals surface area contributed by atoms with E-state index < -0.39 is 0 Å². The lowest BCUT2D eigenvalue weighted by Gasteiger charge is -2.18. The molecule has 3 rings (SSSR count). The van der Waals surface area contributed by atoms with Crippen molar-refractivity contribution in [3.63, 3.8) is 0 Å². The van der Waals surface area contributed by atoms with Crippen LogP contribution in [0.1, 0.15) is 30.5 Å². The Morgan fingerprint density at radius 2 is 1.95 bits per heavy atom. The van der Waals surface area contributed by atoms with E-state index in [1.807, 2.05) is 31.2 Å². The first kappa shape index (κ1) is 14.9. The molecule has 0 radical (unpaired) electrons. The van der Waals surface area contributed by atoms with Gasteiger partial charge in [0.1, 0.15) is 5.75 Å². The first-order valence-electron chi connectivity index (χ1n) is 7.65. The number of aryl methyl sites for hydroxylation is 1. The van der Waals surface area contributed by atoms with Crippen LogP contribution in [0, 0.1) is 0 Å². The third-order valence-electron chi connectivity index (χ3n) is 3.87. The van der Waals surface area contributed by atoms with Crippen molar-refractivity contribution in [3.8, 4) is 5.75 Å². The van der Waals surface area contributed by atoms with Gasteiger partial charge < -0.3 is 15.4 Å². The lowest BCUT2D eigenvalue weighted by Crippen LogP contribution is -2.31. The van der Waals surface area contributed by atoms with Crippen LogP contribution in [0.3, 0.4) is 0 Å². The summed E-state index contributed by atoms with van der Waals surface area (Å²) in [7, 11) is 0. The molecule has 0 amide bonds. The fraction of sp³-hybridized carbons (Fsp3) is 0.278. The second-order valence-corrected chi connectivity index (χ2v) is 5.73. The average molecular weight is 312 g/mol. The average Bonchev–Trinajstić information content (AvgIpc) is 2.93. The van der Waals surface area contributed by atoms with Crippen LogP contribution in [-0.4, -0.2) is 11.7 Å². The SMILES string of the molecule is CCOc1ccccc1NC(=S)NC1CCc2ccccc21. The minimum absolute atomic E-state index is 0.287. The summed E-state index contributed by atoms with van der Waals surface area (Å²) < 4.78 is 5.61. The van der Waals surface area contributed by atoms with E-state index in [-0.39, 0.29) is 6.04 Å². The number of hydrogen-bond acceptors (Lipinski definition) is 2. The molecule has 1 unspecified atom stereocenters. The van der Waals surface area contributed by atoms with Crippen molar-refractivity contribution in [1.82, 2.24) is 5.32 Å². The van der Waals surface area contributed by atoms with Gasteiger partial charge in [-0.15, -0.1) is 0 Å². The van der Waals surface area contributed by atoms with Gasteiger partial charge in [0.2, 0.25) is 0 Å². The lowest BCUT2D eigenvalue weighted by atomic mass is 10.1. The van der Waals surface area contributed by atoms with E-state index in [2.05, 4.69) is 34.9 Å². The van der Waals surface area contributed by atoms with Crippen molar-refractivity contribution >= 4 is 23.0 Å². The number of thiocarbonyl (C=S) groups is 1. The fourth-order valence-electron chi connectivity index (χ4n) is 2.87. The van der Waals surface area contributed by atoms with E-state index in [4.69, 9.17) is 17.0 Å².